The van der Waals surface area contributed by atoms with Gasteiger partial charge in [-0.25, -0.2) is 13.8 Å². The van der Waals surface area contributed by atoms with Gasteiger partial charge in [0, 0.05) is 17.7 Å². The van der Waals surface area contributed by atoms with E-state index in [4.69, 9.17) is 4.42 Å². The Morgan fingerprint density at radius 1 is 1.06 bits per heavy atom. The van der Waals surface area contributed by atoms with Crippen LogP contribution in [0.1, 0.15) is 5.56 Å². The molecule has 90 valence electrons. The van der Waals surface area contributed by atoms with E-state index in [0.29, 0.717) is 11.4 Å². The van der Waals surface area contributed by atoms with E-state index in [1.807, 2.05) is 31.2 Å². The van der Waals surface area contributed by atoms with Gasteiger partial charge in [0.05, 0.1) is 0 Å². The second-order valence-electron chi connectivity index (χ2n) is 4.12. The minimum Gasteiger partial charge on any atom is -0.436 e. The zero-order valence-corrected chi connectivity index (χ0v) is 9.58. The third kappa shape index (κ3) is 1.76. The van der Waals surface area contributed by atoms with Crippen molar-refractivity contribution in [3.05, 3.63) is 53.6 Å². The van der Waals surface area contributed by atoms with Gasteiger partial charge in [-0.15, -0.1) is 0 Å². The van der Waals surface area contributed by atoms with Crippen molar-refractivity contribution in [2.75, 3.05) is 0 Å². The second-order valence-corrected chi connectivity index (χ2v) is 4.12. The number of oxazole rings is 1. The van der Waals surface area contributed by atoms with Gasteiger partial charge in [-0.2, -0.15) is 0 Å². The predicted molar refractivity (Wildman–Crippen MR) is 64.1 cm³/mol. The van der Waals surface area contributed by atoms with E-state index in [1.54, 1.807) is 0 Å². The Kier molecular flexibility index (Phi) is 2.37. The Bertz CT molecular complexity index is 695. The van der Waals surface area contributed by atoms with Crippen LogP contribution in [0.25, 0.3) is 22.6 Å². The lowest BCUT2D eigenvalue weighted by Gasteiger charge is -1.95. The smallest absolute Gasteiger partial charge is 0.227 e. The van der Waals surface area contributed by atoms with Crippen LogP contribution >= 0.6 is 0 Å². The molecule has 0 fully saturated rings. The van der Waals surface area contributed by atoms with E-state index in [0.717, 1.165) is 23.3 Å². The molecule has 0 aliphatic rings. The Labute approximate surface area is 102 Å². The summed E-state index contributed by atoms with van der Waals surface area (Å²) in [6, 6.07) is 9.61. The molecule has 18 heavy (non-hydrogen) atoms. The molecule has 3 aromatic rings. The molecule has 2 aromatic carbocycles. The van der Waals surface area contributed by atoms with Gasteiger partial charge in [-0.3, -0.25) is 0 Å². The first-order valence-electron chi connectivity index (χ1n) is 5.46. The average Bonchev–Trinajstić information content (AvgIpc) is 2.73. The van der Waals surface area contributed by atoms with Crippen LogP contribution in [0.2, 0.25) is 0 Å². The topological polar surface area (TPSA) is 26.0 Å². The number of hydrogen-bond donors (Lipinski definition) is 0. The van der Waals surface area contributed by atoms with Crippen molar-refractivity contribution in [2.45, 2.75) is 6.92 Å². The molecule has 1 heterocycles. The first-order valence-corrected chi connectivity index (χ1v) is 5.46. The van der Waals surface area contributed by atoms with Crippen LogP contribution in [-0.4, -0.2) is 4.98 Å². The zero-order valence-electron chi connectivity index (χ0n) is 9.58. The highest BCUT2D eigenvalue weighted by Gasteiger charge is 2.12. The van der Waals surface area contributed by atoms with Crippen LogP contribution in [0, 0.1) is 18.6 Å². The fraction of sp³-hybridized carbons (Fsp3) is 0.0714. The Balaban J connectivity index is 2.19. The van der Waals surface area contributed by atoms with Crippen LogP contribution in [0.15, 0.2) is 40.8 Å². The third-order valence-electron chi connectivity index (χ3n) is 2.70. The predicted octanol–water partition coefficient (Wildman–Crippen LogP) is 4.08. The highest BCUT2D eigenvalue weighted by molar-refractivity contribution is 5.76. The molecule has 2 nitrogen and oxygen atoms in total. The summed E-state index contributed by atoms with van der Waals surface area (Å²) in [5, 5.41) is 0. The summed E-state index contributed by atoms with van der Waals surface area (Å²) in [5.74, 6) is -1.50. The highest BCUT2D eigenvalue weighted by Crippen LogP contribution is 2.26. The first-order chi connectivity index (χ1) is 8.63. The van der Waals surface area contributed by atoms with Crippen LogP contribution < -0.4 is 0 Å². The van der Waals surface area contributed by atoms with Gasteiger partial charge >= 0.3 is 0 Å². The molecule has 0 radical (unpaired) electrons. The molecule has 0 aliphatic heterocycles. The quantitative estimate of drug-likeness (QED) is 0.645. The number of fused-ring (bicyclic) bond motifs is 1. The summed E-state index contributed by atoms with van der Waals surface area (Å²) in [4.78, 5) is 4.15. The highest BCUT2D eigenvalue weighted by atomic mass is 19.2. The molecule has 1 aromatic heterocycles. The Hall–Kier alpha value is -2.23. The fourth-order valence-corrected chi connectivity index (χ4v) is 1.83. The standard InChI is InChI=1S/C14H9F2NO/c1-8-3-2-4-9(5-8)14-17-12-6-10(15)11(16)7-13(12)18-14/h2-7H,1H3. The van der Waals surface area contributed by atoms with Gasteiger partial charge in [0.25, 0.3) is 0 Å². The van der Waals surface area contributed by atoms with Crippen molar-refractivity contribution in [3.63, 3.8) is 0 Å². The van der Waals surface area contributed by atoms with Gasteiger partial charge in [0.1, 0.15) is 5.52 Å². The number of hydrogen-bond acceptors (Lipinski definition) is 2. The molecule has 0 amide bonds. The van der Waals surface area contributed by atoms with Crippen molar-refractivity contribution < 1.29 is 13.2 Å². The normalized spacial score (nSPS) is 11.1. The lowest BCUT2D eigenvalue weighted by atomic mass is 10.1. The molecule has 3 rings (SSSR count). The average molecular weight is 245 g/mol. The van der Waals surface area contributed by atoms with Crippen LogP contribution in [0.5, 0.6) is 0 Å². The molecular formula is C14H9F2NO. The number of halogens is 2. The molecule has 0 aliphatic carbocycles. The minimum absolute atomic E-state index is 0.241. The molecular weight excluding hydrogens is 236 g/mol. The molecule has 4 heteroatoms. The van der Waals surface area contributed by atoms with Crippen molar-refractivity contribution in [2.24, 2.45) is 0 Å². The van der Waals surface area contributed by atoms with Crippen molar-refractivity contribution in [1.29, 1.82) is 0 Å². The van der Waals surface area contributed by atoms with Crippen molar-refractivity contribution in [1.82, 2.24) is 4.98 Å². The molecule has 0 atom stereocenters. The minimum atomic E-state index is -0.936. The van der Waals surface area contributed by atoms with Gasteiger partial charge < -0.3 is 4.42 Å². The summed E-state index contributed by atoms with van der Waals surface area (Å²) < 4.78 is 31.6. The summed E-state index contributed by atoms with van der Waals surface area (Å²) in [5.41, 5.74) is 2.40. The second kappa shape index (κ2) is 3.91. The lowest BCUT2D eigenvalue weighted by Crippen LogP contribution is -1.82. The van der Waals surface area contributed by atoms with E-state index in [9.17, 15) is 8.78 Å². The first kappa shape index (κ1) is 10.9. The number of rotatable bonds is 1. The molecule has 0 unspecified atom stereocenters. The van der Waals surface area contributed by atoms with Gasteiger partial charge in [0.2, 0.25) is 5.89 Å². The maximum atomic E-state index is 13.1. The van der Waals surface area contributed by atoms with Crippen LogP contribution in [-0.2, 0) is 0 Å². The number of aromatic nitrogens is 1. The van der Waals surface area contributed by atoms with E-state index in [-0.39, 0.29) is 5.58 Å². The van der Waals surface area contributed by atoms with E-state index in [1.165, 1.54) is 0 Å². The maximum Gasteiger partial charge on any atom is 0.227 e. The number of benzene rings is 2. The summed E-state index contributed by atoms with van der Waals surface area (Å²) >= 11 is 0. The largest absolute Gasteiger partial charge is 0.436 e. The van der Waals surface area contributed by atoms with Gasteiger partial charge in [-0.1, -0.05) is 17.7 Å². The zero-order chi connectivity index (χ0) is 12.7. The van der Waals surface area contributed by atoms with Crippen LogP contribution in [0.3, 0.4) is 0 Å². The van der Waals surface area contributed by atoms with Gasteiger partial charge in [0.15, 0.2) is 17.2 Å². The molecule has 0 saturated heterocycles. The SMILES string of the molecule is Cc1cccc(-c2nc3cc(F)c(F)cc3o2)c1. The van der Waals surface area contributed by atoms with E-state index >= 15 is 0 Å². The third-order valence-corrected chi connectivity index (χ3v) is 2.70. The Morgan fingerprint density at radius 3 is 2.61 bits per heavy atom. The fourth-order valence-electron chi connectivity index (χ4n) is 1.83. The van der Waals surface area contributed by atoms with Crippen molar-refractivity contribution in [3.8, 4) is 11.5 Å². The molecule has 0 spiro atoms. The van der Waals surface area contributed by atoms with Crippen molar-refractivity contribution >= 4 is 11.1 Å². The monoisotopic (exact) mass is 245 g/mol. The summed E-state index contributed by atoms with van der Waals surface area (Å²) in [6.07, 6.45) is 0. The summed E-state index contributed by atoms with van der Waals surface area (Å²) in [6.45, 7) is 1.95. The Morgan fingerprint density at radius 2 is 1.83 bits per heavy atom. The summed E-state index contributed by atoms with van der Waals surface area (Å²) in [7, 11) is 0. The van der Waals surface area contributed by atoms with E-state index < -0.39 is 11.6 Å². The molecule has 0 bridgehead atoms. The number of nitrogens with zero attached hydrogens (tertiary/aromatic N) is 1. The van der Waals surface area contributed by atoms with E-state index in [2.05, 4.69) is 4.98 Å². The maximum absolute atomic E-state index is 13.1. The van der Waals surface area contributed by atoms with Crippen LogP contribution in [0.4, 0.5) is 8.78 Å². The molecule has 0 saturated carbocycles. The number of aryl methyl sites for hydroxylation is 1. The molecule has 0 N–H and O–H groups in total. The lowest BCUT2D eigenvalue weighted by molar-refractivity contribution is 0.507. The van der Waals surface area contributed by atoms with Gasteiger partial charge in [-0.05, 0) is 19.1 Å².